The third kappa shape index (κ3) is 2.46. The minimum atomic E-state index is 0.604. The number of benzene rings is 1. The molecule has 0 fully saturated rings. The van der Waals surface area contributed by atoms with E-state index in [-0.39, 0.29) is 0 Å². The van der Waals surface area contributed by atoms with Gasteiger partial charge < -0.3 is 5.73 Å². The quantitative estimate of drug-likeness (QED) is 0.810. The average Bonchev–Trinajstić information content (AvgIpc) is 2.63. The number of hydrogen-bond acceptors (Lipinski definition) is 3. The van der Waals surface area contributed by atoms with E-state index in [9.17, 15) is 0 Å². The topological polar surface area (TPSA) is 54.7 Å². The lowest BCUT2D eigenvalue weighted by Gasteiger charge is -2.02. The first-order valence-corrected chi connectivity index (χ1v) is 5.79. The predicted octanol–water partition coefficient (Wildman–Crippen LogP) is 2.94. The molecule has 3 N–H and O–H groups in total. The molecule has 0 unspecified atom stereocenters. The average molecular weight is 240 g/mol. The zero-order valence-electron chi connectivity index (χ0n) is 7.90. The number of H-pyrrole nitrogens is 1. The second-order valence-electron chi connectivity index (χ2n) is 3.03. The van der Waals surface area contributed by atoms with E-state index in [1.807, 2.05) is 24.3 Å². The Bertz CT molecular complexity index is 455. The molecule has 1 aromatic carbocycles. The van der Waals surface area contributed by atoms with Gasteiger partial charge in [0.05, 0.1) is 11.1 Å². The molecule has 78 valence electrons. The van der Waals surface area contributed by atoms with Crippen LogP contribution in [0.15, 0.2) is 35.4 Å². The first kappa shape index (κ1) is 10.4. The van der Waals surface area contributed by atoms with Crippen molar-refractivity contribution in [1.82, 2.24) is 10.2 Å². The van der Waals surface area contributed by atoms with Gasteiger partial charge in [0, 0.05) is 10.8 Å². The maximum Gasteiger partial charge on any atom is 0.132 e. The highest BCUT2D eigenvalue weighted by molar-refractivity contribution is 7.98. The third-order valence-corrected chi connectivity index (χ3v) is 3.43. The summed E-state index contributed by atoms with van der Waals surface area (Å²) in [5, 5.41) is 7.33. The fourth-order valence-electron chi connectivity index (χ4n) is 1.17. The molecule has 0 spiro atoms. The molecule has 0 amide bonds. The highest BCUT2D eigenvalue weighted by atomic mass is 35.5. The number of nitrogens with two attached hydrogens (primary N) is 1. The number of aromatic amines is 1. The van der Waals surface area contributed by atoms with Gasteiger partial charge in [0.15, 0.2) is 0 Å². The van der Waals surface area contributed by atoms with Gasteiger partial charge in [0.1, 0.15) is 5.82 Å². The molecule has 1 heterocycles. The second kappa shape index (κ2) is 4.59. The number of hydrogen-bond donors (Lipinski definition) is 2. The molecule has 1 aromatic heterocycles. The Morgan fingerprint density at radius 2 is 2.20 bits per heavy atom. The first-order valence-electron chi connectivity index (χ1n) is 4.42. The van der Waals surface area contributed by atoms with Crippen molar-refractivity contribution < 1.29 is 0 Å². The van der Waals surface area contributed by atoms with Crippen LogP contribution in [0.4, 0.5) is 5.82 Å². The van der Waals surface area contributed by atoms with Crippen molar-refractivity contribution in [3.63, 3.8) is 0 Å². The normalized spacial score (nSPS) is 10.5. The van der Waals surface area contributed by atoms with E-state index < -0.39 is 0 Å². The van der Waals surface area contributed by atoms with Gasteiger partial charge in [0.2, 0.25) is 0 Å². The van der Waals surface area contributed by atoms with E-state index in [4.69, 9.17) is 17.3 Å². The maximum absolute atomic E-state index is 6.04. The van der Waals surface area contributed by atoms with E-state index >= 15 is 0 Å². The SMILES string of the molecule is Nc1[nH]ncc1SCc1ccccc1Cl. The Balaban J connectivity index is 2.06. The van der Waals surface area contributed by atoms with Crippen molar-refractivity contribution in [2.75, 3.05) is 5.73 Å². The third-order valence-electron chi connectivity index (χ3n) is 1.97. The van der Waals surface area contributed by atoms with E-state index in [1.54, 1.807) is 18.0 Å². The molecule has 3 nitrogen and oxygen atoms in total. The molecular formula is C10H10ClN3S. The van der Waals surface area contributed by atoms with E-state index in [0.717, 1.165) is 21.2 Å². The number of nitrogen functional groups attached to an aromatic ring is 1. The fraction of sp³-hybridized carbons (Fsp3) is 0.100. The molecule has 0 atom stereocenters. The maximum atomic E-state index is 6.04. The van der Waals surface area contributed by atoms with Crippen molar-refractivity contribution in [2.45, 2.75) is 10.6 Å². The zero-order chi connectivity index (χ0) is 10.7. The summed E-state index contributed by atoms with van der Waals surface area (Å²) in [7, 11) is 0. The van der Waals surface area contributed by atoms with Crippen LogP contribution in [0.2, 0.25) is 5.02 Å². The molecule has 2 rings (SSSR count). The summed E-state index contributed by atoms with van der Waals surface area (Å²) in [5.41, 5.74) is 6.77. The van der Waals surface area contributed by atoms with Crippen molar-refractivity contribution in [2.24, 2.45) is 0 Å². The van der Waals surface area contributed by atoms with Crippen LogP contribution in [-0.2, 0) is 5.75 Å². The molecule has 0 bridgehead atoms. The highest BCUT2D eigenvalue weighted by Gasteiger charge is 2.04. The summed E-state index contributed by atoms with van der Waals surface area (Å²) in [4.78, 5) is 0.954. The number of nitrogens with zero attached hydrogens (tertiary/aromatic N) is 1. The van der Waals surface area contributed by atoms with Crippen LogP contribution in [0.1, 0.15) is 5.56 Å². The van der Waals surface area contributed by atoms with Gasteiger partial charge in [-0.2, -0.15) is 5.10 Å². The summed E-state index contributed by atoms with van der Waals surface area (Å²) in [6, 6.07) is 7.78. The fourth-order valence-corrected chi connectivity index (χ4v) is 2.34. The van der Waals surface area contributed by atoms with Crippen molar-refractivity contribution in [3.05, 3.63) is 41.0 Å². The number of thioether (sulfide) groups is 1. The highest BCUT2D eigenvalue weighted by Crippen LogP contribution is 2.28. The van der Waals surface area contributed by atoms with Gasteiger partial charge in [-0.25, -0.2) is 0 Å². The lowest BCUT2D eigenvalue weighted by Crippen LogP contribution is -1.87. The van der Waals surface area contributed by atoms with Gasteiger partial charge in [0.25, 0.3) is 0 Å². The Morgan fingerprint density at radius 3 is 2.87 bits per heavy atom. The standard InChI is InChI=1S/C10H10ClN3S/c11-8-4-2-1-3-7(8)6-15-9-5-13-14-10(9)12/h1-5H,6H2,(H3,12,13,14). The van der Waals surface area contributed by atoms with E-state index in [0.29, 0.717) is 5.82 Å². The van der Waals surface area contributed by atoms with Gasteiger partial charge in [-0.15, -0.1) is 11.8 Å². The summed E-state index contributed by atoms with van der Waals surface area (Å²) < 4.78 is 0. The van der Waals surface area contributed by atoms with Gasteiger partial charge in [-0.1, -0.05) is 29.8 Å². The molecular weight excluding hydrogens is 230 g/mol. The van der Waals surface area contributed by atoms with Gasteiger partial charge >= 0.3 is 0 Å². The smallest absolute Gasteiger partial charge is 0.132 e. The zero-order valence-corrected chi connectivity index (χ0v) is 9.48. The second-order valence-corrected chi connectivity index (χ2v) is 4.45. The molecule has 0 aliphatic carbocycles. The molecule has 0 aliphatic rings. The molecule has 15 heavy (non-hydrogen) atoms. The first-order chi connectivity index (χ1) is 7.27. The molecule has 5 heteroatoms. The number of aromatic nitrogens is 2. The Hall–Kier alpha value is -1.13. The minimum Gasteiger partial charge on any atom is -0.383 e. The van der Waals surface area contributed by atoms with Crippen LogP contribution in [0.3, 0.4) is 0 Å². The number of rotatable bonds is 3. The Morgan fingerprint density at radius 1 is 1.40 bits per heavy atom. The van der Waals surface area contributed by atoms with Gasteiger partial charge in [-0.3, -0.25) is 5.10 Å². The summed E-state index contributed by atoms with van der Waals surface area (Å²) >= 11 is 7.65. The minimum absolute atomic E-state index is 0.604. The summed E-state index contributed by atoms with van der Waals surface area (Å²) in [5.74, 6) is 1.40. The summed E-state index contributed by atoms with van der Waals surface area (Å²) in [6.07, 6.45) is 1.72. The molecule has 0 saturated heterocycles. The van der Waals surface area contributed by atoms with Gasteiger partial charge in [-0.05, 0) is 11.6 Å². The molecule has 0 aliphatic heterocycles. The van der Waals surface area contributed by atoms with Crippen molar-refractivity contribution in [1.29, 1.82) is 0 Å². The molecule has 0 saturated carbocycles. The lowest BCUT2D eigenvalue weighted by atomic mass is 10.2. The van der Waals surface area contributed by atoms with Crippen LogP contribution in [0.5, 0.6) is 0 Å². The van der Waals surface area contributed by atoms with Crippen LogP contribution in [0.25, 0.3) is 0 Å². The lowest BCUT2D eigenvalue weighted by molar-refractivity contribution is 1.10. The van der Waals surface area contributed by atoms with Crippen LogP contribution in [-0.4, -0.2) is 10.2 Å². The summed E-state index contributed by atoms with van der Waals surface area (Å²) in [6.45, 7) is 0. The number of halogens is 1. The Labute approximate surface area is 97.0 Å². The van der Waals surface area contributed by atoms with E-state index in [1.165, 1.54) is 0 Å². The Kier molecular flexibility index (Phi) is 3.18. The van der Waals surface area contributed by atoms with Crippen molar-refractivity contribution in [3.8, 4) is 0 Å². The van der Waals surface area contributed by atoms with E-state index in [2.05, 4.69) is 10.2 Å². The number of anilines is 1. The largest absolute Gasteiger partial charge is 0.383 e. The molecule has 2 aromatic rings. The van der Waals surface area contributed by atoms with Crippen LogP contribution >= 0.6 is 23.4 Å². The van der Waals surface area contributed by atoms with Crippen molar-refractivity contribution >= 4 is 29.2 Å². The number of nitrogens with one attached hydrogen (secondary N) is 1. The predicted molar refractivity (Wildman–Crippen MR) is 64.0 cm³/mol. The monoisotopic (exact) mass is 239 g/mol. The van der Waals surface area contributed by atoms with Crippen LogP contribution < -0.4 is 5.73 Å². The molecule has 0 radical (unpaired) electrons. The van der Waals surface area contributed by atoms with Crippen LogP contribution in [0, 0.1) is 0 Å².